The van der Waals surface area contributed by atoms with Gasteiger partial charge in [0.05, 0.1) is 18.2 Å². The predicted molar refractivity (Wildman–Crippen MR) is 43.0 cm³/mol. The number of aromatic nitrogens is 1. The van der Waals surface area contributed by atoms with E-state index in [1.54, 1.807) is 6.07 Å². The summed E-state index contributed by atoms with van der Waals surface area (Å²) in [6, 6.07) is 2.57. The van der Waals surface area contributed by atoms with Crippen LogP contribution in [0.1, 0.15) is 17.7 Å². The van der Waals surface area contributed by atoms with Gasteiger partial charge in [0.2, 0.25) is 0 Å². The summed E-state index contributed by atoms with van der Waals surface area (Å²) in [5.74, 6) is -0.684. The van der Waals surface area contributed by atoms with Crippen molar-refractivity contribution in [1.82, 2.24) is 4.98 Å². The summed E-state index contributed by atoms with van der Waals surface area (Å²) < 4.78 is 24.3. The number of H-pyrrole nitrogens is 1. The number of nitrogens with one attached hydrogen (secondary N) is 1. The average molecular weight is 200 g/mol. The Hall–Kier alpha value is -1.90. The number of rotatable bonds is 2. The number of hydrogen-bond acceptors (Lipinski definition) is 3. The van der Waals surface area contributed by atoms with E-state index in [1.807, 2.05) is 4.98 Å². The van der Waals surface area contributed by atoms with Gasteiger partial charge in [0.25, 0.3) is 12.0 Å². The van der Waals surface area contributed by atoms with Gasteiger partial charge in [0, 0.05) is 5.56 Å². The largest absolute Gasteiger partial charge is 0.503 e. The Balaban J connectivity index is 3.30. The molecule has 0 aromatic carbocycles. The quantitative estimate of drug-likeness (QED) is 0.749. The number of nitriles is 1. The number of aromatic hydroxyl groups is 1. The van der Waals surface area contributed by atoms with Crippen molar-refractivity contribution in [2.75, 3.05) is 0 Å². The van der Waals surface area contributed by atoms with Crippen LogP contribution >= 0.6 is 0 Å². The number of alkyl halides is 2. The lowest BCUT2D eigenvalue weighted by Gasteiger charge is -2.03. The summed E-state index contributed by atoms with van der Waals surface area (Å²) in [5, 5.41) is 17.4. The Labute approximate surface area is 77.4 Å². The van der Waals surface area contributed by atoms with Crippen molar-refractivity contribution in [2.24, 2.45) is 0 Å². The minimum absolute atomic E-state index is 0.0912. The first-order valence-electron chi connectivity index (χ1n) is 3.66. The highest BCUT2D eigenvalue weighted by atomic mass is 19.3. The molecule has 0 radical (unpaired) electrons. The first-order valence-corrected chi connectivity index (χ1v) is 3.66. The Morgan fingerprint density at radius 1 is 1.64 bits per heavy atom. The molecule has 14 heavy (non-hydrogen) atoms. The highest BCUT2D eigenvalue weighted by Gasteiger charge is 2.13. The van der Waals surface area contributed by atoms with Crippen molar-refractivity contribution in [2.45, 2.75) is 12.8 Å². The first-order chi connectivity index (χ1) is 6.56. The van der Waals surface area contributed by atoms with Gasteiger partial charge in [-0.25, -0.2) is 8.78 Å². The van der Waals surface area contributed by atoms with Gasteiger partial charge in [-0.1, -0.05) is 0 Å². The number of hydrogen-bond donors (Lipinski definition) is 2. The zero-order valence-corrected chi connectivity index (χ0v) is 6.92. The molecule has 1 heterocycles. The minimum Gasteiger partial charge on any atom is -0.503 e. The molecule has 4 nitrogen and oxygen atoms in total. The summed E-state index contributed by atoms with van der Waals surface area (Å²) in [6.45, 7) is 0. The summed E-state index contributed by atoms with van der Waals surface area (Å²) in [4.78, 5) is 12.7. The second-order valence-corrected chi connectivity index (χ2v) is 2.56. The van der Waals surface area contributed by atoms with E-state index in [0.29, 0.717) is 0 Å². The number of aromatic amines is 1. The average Bonchev–Trinajstić information content (AvgIpc) is 2.12. The molecule has 0 bridgehead atoms. The standard InChI is InChI=1S/C8H6F2N2O2/c9-7(10)5-3-4(1-2-11)6(13)8(14)12-5/h3,7,13H,1H2,(H,12,14). The molecule has 74 valence electrons. The molecule has 0 saturated carbocycles. The molecule has 0 unspecified atom stereocenters. The van der Waals surface area contributed by atoms with Crippen molar-refractivity contribution >= 4 is 0 Å². The van der Waals surface area contributed by atoms with E-state index in [0.717, 1.165) is 6.07 Å². The normalized spacial score (nSPS) is 10.1. The third-order valence-electron chi connectivity index (χ3n) is 1.61. The maximum Gasteiger partial charge on any atom is 0.290 e. The smallest absolute Gasteiger partial charge is 0.290 e. The Morgan fingerprint density at radius 2 is 2.29 bits per heavy atom. The van der Waals surface area contributed by atoms with E-state index in [1.165, 1.54) is 0 Å². The summed E-state index contributed by atoms with van der Waals surface area (Å²) in [6.07, 6.45) is -3.11. The highest BCUT2D eigenvalue weighted by Crippen LogP contribution is 2.19. The lowest BCUT2D eigenvalue weighted by Crippen LogP contribution is -2.11. The SMILES string of the molecule is N#CCc1cc(C(F)F)[nH]c(=O)c1O. The van der Waals surface area contributed by atoms with Crippen LogP contribution in [0.4, 0.5) is 8.78 Å². The molecule has 0 aliphatic heterocycles. The van der Waals surface area contributed by atoms with E-state index < -0.39 is 23.4 Å². The molecular formula is C8H6F2N2O2. The number of pyridine rings is 1. The number of nitrogens with zero attached hydrogens (tertiary/aromatic N) is 1. The van der Waals surface area contributed by atoms with E-state index >= 15 is 0 Å². The first kappa shape index (κ1) is 10.2. The van der Waals surface area contributed by atoms with Gasteiger partial charge >= 0.3 is 0 Å². The minimum atomic E-state index is -2.83. The van der Waals surface area contributed by atoms with Gasteiger partial charge in [0.15, 0.2) is 5.75 Å². The van der Waals surface area contributed by atoms with Gasteiger partial charge in [-0.05, 0) is 6.07 Å². The van der Waals surface area contributed by atoms with Crippen LogP contribution in [0.25, 0.3) is 0 Å². The summed E-state index contributed by atoms with van der Waals surface area (Å²) in [7, 11) is 0. The van der Waals surface area contributed by atoms with Gasteiger partial charge in [-0.3, -0.25) is 4.79 Å². The van der Waals surface area contributed by atoms with Crippen molar-refractivity contribution in [3.05, 3.63) is 27.7 Å². The topological polar surface area (TPSA) is 76.9 Å². The lowest BCUT2D eigenvalue weighted by atomic mass is 10.1. The van der Waals surface area contributed by atoms with Crippen LogP contribution in [0.5, 0.6) is 5.75 Å². The van der Waals surface area contributed by atoms with Crippen molar-refractivity contribution in [3.8, 4) is 11.8 Å². The zero-order valence-electron chi connectivity index (χ0n) is 6.92. The van der Waals surface area contributed by atoms with E-state index in [9.17, 15) is 13.6 Å². The third-order valence-corrected chi connectivity index (χ3v) is 1.61. The van der Waals surface area contributed by atoms with Crippen LogP contribution in [-0.4, -0.2) is 10.1 Å². The van der Waals surface area contributed by atoms with Gasteiger partial charge < -0.3 is 10.1 Å². The van der Waals surface area contributed by atoms with Gasteiger partial charge in [-0.15, -0.1) is 0 Å². The van der Waals surface area contributed by atoms with Crippen LogP contribution in [0.2, 0.25) is 0 Å². The van der Waals surface area contributed by atoms with E-state index in [2.05, 4.69) is 0 Å². The molecule has 1 aromatic rings. The molecular weight excluding hydrogens is 194 g/mol. The Kier molecular flexibility index (Phi) is 2.82. The van der Waals surface area contributed by atoms with E-state index in [4.69, 9.17) is 10.4 Å². The third kappa shape index (κ3) is 1.88. The van der Waals surface area contributed by atoms with Crippen LogP contribution in [-0.2, 0) is 6.42 Å². The predicted octanol–water partition coefficient (Wildman–Crippen LogP) is 1.08. The van der Waals surface area contributed by atoms with Crippen LogP contribution < -0.4 is 5.56 Å². The molecule has 1 rings (SSSR count). The highest BCUT2D eigenvalue weighted by molar-refractivity contribution is 5.33. The molecule has 1 aromatic heterocycles. The van der Waals surface area contributed by atoms with Crippen LogP contribution in [0.15, 0.2) is 10.9 Å². The Morgan fingerprint density at radius 3 is 2.79 bits per heavy atom. The molecule has 0 atom stereocenters. The summed E-state index contributed by atoms with van der Waals surface area (Å²) in [5.41, 5.74) is -1.70. The molecule has 0 saturated heterocycles. The molecule has 0 spiro atoms. The van der Waals surface area contributed by atoms with Crippen LogP contribution in [0.3, 0.4) is 0 Å². The molecule has 0 fully saturated rings. The molecule has 0 aliphatic rings. The molecule has 0 amide bonds. The van der Waals surface area contributed by atoms with Crippen molar-refractivity contribution in [1.29, 1.82) is 5.26 Å². The van der Waals surface area contributed by atoms with Crippen molar-refractivity contribution < 1.29 is 13.9 Å². The number of halogens is 2. The van der Waals surface area contributed by atoms with Crippen LogP contribution in [0, 0.1) is 11.3 Å². The van der Waals surface area contributed by atoms with Gasteiger partial charge in [0.1, 0.15) is 0 Å². The zero-order chi connectivity index (χ0) is 10.7. The van der Waals surface area contributed by atoms with E-state index in [-0.39, 0.29) is 12.0 Å². The monoisotopic (exact) mass is 200 g/mol. The second-order valence-electron chi connectivity index (χ2n) is 2.56. The molecule has 6 heteroatoms. The maximum atomic E-state index is 12.2. The summed E-state index contributed by atoms with van der Waals surface area (Å²) >= 11 is 0. The van der Waals surface area contributed by atoms with Crippen molar-refractivity contribution in [3.63, 3.8) is 0 Å². The second kappa shape index (κ2) is 3.87. The Bertz CT molecular complexity index is 434. The fraction of sp³-hybridized carbons (Fsp3) is 0.250. The van der Waals surface area contributed by atoms with Gasteiger partial charge in [-0.2, -0.15) is 5.26 Å². The fourth-order valence-electron chi connectivity index (χ4n) is 0.966. The lowest BCUT2D eigenvalue weighted by molar-refractivity contribution is 0.145. The maximum absolute atomic E-state index is 12.2. The molecule has 2 N–H and O–H groups in total. The molecule has 0 aliphatic carbocycles. The fourth-order valence-corrected chi connectivity index (χ4v) is 0.966.